The molecule has 0 saturated carbocycles. The summed E-state index contributed by atoms with van der Waals surface area (Å²) >= 11 is 0. The molecule has 5 heteroatoms. The molecule has 16 heavy (non-hydrogen) atoms. The highest BCUT2D eigenvalue weighted by Crippen LogP contribution is 2.06. The first kappa shape index (κ1) is 13.4. The largest absolute Gasteiger partial charge is 0.378 e. The van der Waals surface area contributed by atoms with Crippen LogP contribution in [0.4, 0.5) is 0 Å². The van der Waals surface area contributed by atoms with Gasteiger partial charge in [-0.05, 0) is 20.5 Å². The molecule has 94 valence electrons. The van der Waals surface area contributed by atoms with Crippen molar-refractivity contribution in [2.24, 2.45) is 0 Å². The van der Waals surface area contributed by atoms with Crippen molar-refractivity contribution < 1.29 is 9.53 Å². The van der Waals surface area contributed by atoms with Gasteiger partial charge in [-0.3, -0.25) is 9.69 Å². The molecule has 1 amide bonds. The molecule has 0 aromatic carbocycles. The molecule has 0 bridgehead atoms. The Hall–Kier alpha value is -0.650. The monoisotopic (exact) mass is 229 g/mol. The molecule has 1 saturated heterocycles. The van der Waals surface area contributed by atoms with Gasteiger partial charge in [0.1, 0.15) is 0 Å². The number of carbonyl (C=O) groups is 1. The van der Waals surface area contributed by atoms with E-state index >= 15 is 0 Å². The molecule has 2 N–H and O–H groups in total. The summed E-state index contributed by atoms with van der Waals surface area (Å²) in [7, 11) is 5.53. The van der Waals surface area contributed by atoms with E-state index < -0.39 is 0 Å². The van der Waals surface area contributed by atoms with Crippen LogP contribution in [0.25, 0.3) is 0 Å². The normalized spacial score (nSPS) is 27.1. The Morgan fingerprint density at radius 3 is 2.75 bits per heavy atom. The summed E-state index contributed by atoms with van der Waals surface area (Å²) in [5.41, 5.74) is 0. The predicted molar refractivity (Wildman–Crippen MR) is 63.4 cm³/mol. The Kier molecular flexibility index (Phi) is 5.18. The second-order valence-electron chi connectivity index (χ2n) is 4.44. The summed E-state index contributed by atoms with van der Waals surface area (Å²) in [5, 5.41) is 6.26. The van der Waals surface area contributed by atoms with Gasteiger partial charge >= 0.3 is 0 Å². The number of hydrogen-bond acceptors (Lipinski definition) is 4. The first-order chi connectivity index (χ1) is 7.60. The van der Waals surface area contributed by atoms with Gasteiger partial charge in [-0.25, -0.2) is 0 Å². The molecule has 3 atom stereocenters. The Balaban J connectivity index is 2.49. The topological polar surface area (TPSA) is 53.6 Å². The summed E-state index contributed by atoms with van der Waals surface area (Å²) in [4.78, 5) is 13.9. The lowest BCUT2D eigenvalue weighted by Gasteiger charge is -2.25. The Bertz CT molecular complexity index is 233. The predicted octanol–water partition coefficient (Wildman–Crippen LogP) is -0.570. The van der Waals surface area contributed by atoms with E-state index in [4.69, 9.17) is 4.74 Å². The number of methoxy groups -OCH3 is 1. The Morgan fingerprint density at radius 1 is 1.56 bits per heavy atom. The van der Waals surface area contributed by atoms with Gasteiger partial charge in [-0.15, -0.1) is 0 Å². The van der Waals surface area contributed by atoms with Crippen LogP contribution in [-0.2, 0) is 9.53 Å². The third-order valence-electron chi connectivity index (χ3n) is 3.10. The van der Waals surface area contributed by atoms with Crippen LogP contribution in [0.1, 0.15) is 13.3 Å². The third kappa shape index (κ3) is 3.17. The summed E-state index contributed by atoms with van der Waals surface area (Å²) in [6, 6.07) is 0.0320. The summed E-state index contributed by atoms with van der Waals surface area (Å²) in [5.74, 6) is 0.0863. The van der Waals surface area contributed by atoms with E-state index in [1.807, 2.05) is 25.9 Å². The van der Waals surface area contributed by atoms with E-state index in [2.05, 4.69) is 10.6 Å². The molecule has 1 aliphatic heterocycles. The zero-order chi connectivity index (χ0) is 12.1. The number of ether oxygens (including phenoxy) is 1. The maximum atomic E-state index is 12.0. The van der Waals surface area contributed by atoms with E-state index in [0.717, 1.165) is 19.5 Å². The van der Waals surface area contributed by atoms with E-state index in [1.165, 1.54) is 0 Å². The molecule has 5 nitrogen and oxygen atoms in total. The molecule has 1 rings (SSSR count). The maximum absolute atomic E-state index is 12.0. The molecule has 1 heterocycles. The van der Waals surface area contributed by atoms with Crippen molar-refractivity contribution in [3.63, 3.8) is 0 Å². The van der Waals surface area contributed by atoms with Crippen molar-refractivity contribution in [2.45, 2.75) is 31.5 Å². The van der Waals surface area contributed by atoms with Gasteiger partial charge in [-0.2, -0.15) is 0 Å². The quantitative estimate of drug-likeness (QED) is 0.663. The van der Waals surface area contributed by atoms with Gasteiger partial charge in [0.2, 0.25) is 5.91 Å². The van der Waals surface area contributed by atoms with Crippen LogP contribution in [0.3, 0.4) is 0 Å². The van der Waals surface area contributed by atoms with Crippen molar-refractivity contribution in [1.82, 2.24) is 15.5 Å². The summed E-state index contributed by atoms with van der Waals surface area (Å²) < 4.78 is 5.31. The summed E-state index contributed by atoms with van der Waals surface area (Å²) in [6.45, 7) is 3.61. The molecule has 1 fully saturated rings. The minimum absolute atomic E-state index is 0.0573. The van der Waals surface area contributed by atoms with E-state index in [9.17, 15) is 4.79 Å². The van der Waals surface area contributed by atoms with Crippen molar-refractivity contribution in [2.75, 3.05) is 34.3 Å². The molecule has 0 aliphatic carbocycles. The Labute approximate surface area is 97.5 Å². The lowest BCUT2D eigenvalue weighted by atomic mass is 10.1. The number of likely N-dealkylation sites (N-methyl/N-ethyl adjacent to an activating group) is 1. The van der Waals surface area contributed by atoms with Gasteiger partial charge in [0.05, 0.1) is 18.2 Å². The van der Waals surface area contributed by atoms with Crippen molar-refractivity contribution >= 4 is 5.91 Å². The van der Waals surface area contributed by atoms with Gasteiger partial charge in [0, 0.05) is 20.2 Å². The first-order valence-corrected chi connectivity index (χ1v) is 5.80. The molecule has 0 aromatic heterocycles. The highest BCUT2D eigenvalue weighted by molar-refractivity contribution is 5.82. The lowest BCUT2D eigenvalue weighted by molar-refractivity contribution is -0.127. The third-order valence-corrected chi connectivity index (χ3v) is 3.10. The minimum atomic E-state index is -0.0573. The Morgan fingerprint density at radius 2 is 2.25 bits per heavy atom. The fourth-order valence-electron chi connectivity index (χ4n) is 2.11. The van der Waals surface area contributed by atoms with Crippen LogP contribution in [0.2, 0.25) is 0 Å². The smallest absolute Gasteiger partial charge is 0.237 e. The van der Waals surface area contributed by atoms with Crippen molar-refractivity contribution in [3.8, 4) is 0 Å². The zero-order valence-electron chi connectivity index (χ0n) is 10.6. The van der Waals surface area contributed by atoms with Gasteiger partial charge < -0.3 is 15.4 Å². The van der Waals surface area contributed by atoms with Crippen LogP contribution < -0.4 is 10.6 Å². The molecular weight excluding hydrogens is 206 g/mol. The van der Waals surface area contributed by atoms with Crippen LogP contribution in [0.15, 0.2) is 0 Å². The lowest BCUT2D eigenvalue weighted by Crippen LogP contribution is -2.50. The van der Waals surface area contributed by atoms with E-state index in [-0.39, 0.29) is 24.1 Å². The van der Waals surface area contributed by atoms with Crippen LogP contribution >= 0.6 is 0 Å². The van der Waals surface area contributed by atoms with Gasteiger partial charge in [0.25, 0.3) is 0 Å². The second kappa shape index (κ2) is 6.18. The highest BCUT2D eigenvalue weighted by Gasteiger charge is 2.30. The molecule has 0 spiro atoms. The fourth-order valence-corrected chi connectivity index (χ4v) is 2.11. The second-order valence-corrected chi connectivity index (χ2v) is 4.44. The molecule has 0 aromatic rings. The van der Waals surface area contributed by atoms with E-state index in [0.29, 0.717) is 0 Å². The van der Waals surface area contributed by atoms with Gasteiger partial charge in [0.15, 0.2) is 0 Å². The SMILES string of the molecule is CC[C@H](C(=O)N[C@H]1CNC[C@@H]1OC)N(C)C. The highest BCUT2D eigenvalue weighted by atomic mass is 16.5. The van der Waals surface area contributed by atoms with Crippen LogP contribution in [0, 0.1) is 0 Å². The molecule has 0 unspecified atom stereocenters. The fraction of sp³-hybridized carbons (Fsp3) is 0.909. The minimum Gasteiger partial charge on any atom is -0.378 e. The van der Waals surface area contributed by atoms with Gasteiger partial charge in [-0.1, -0.05) is 6.92 Å². The van der Waals surface area contributed by atoms with Crippen molar-refractivity contribution in [3.05, 3.63) is 0 Å². The average molecular weight is 229 g/mol. The average Bonchev–Trinajstić information content (AvgIpc) is 2.65. The van der Waals surface area contributed by atoms with E-state index in [1.54, 1.807) is 7.11 Å². The molecular formula is C11H23N3O2. The molecule has 0 radical (unpaired) electrons. The number of hydrogen-bond donors (Lipinski definition) is 2. The number of rotatable bonds is 5. The van der Waals surface area contributed by atoms with Crippen LogP contribution in [-0.4, -0.2) is 63.3 Å². The number of carbonyl (C=O) groups excluding carboxylic acids is 1. The van der Waals surface area contributed by atoms with Crippen molar-refractivity contribution in [1.29, 1.82) is 0 Å². The summed E-state index contributed by atoms with van der Waals surface area (Å²) in [6.07, 6.45) is 0.903. The van der Waals surface area contributed by atoms with Crippen LogP contribution in [0.5, 0.6) is 0 Å². The number of nitrogens with one attached hydrogen (secondary N) is 2. The number of amides is 1. The maximum Gasteiger partial charge on any atom is 0.237 e. The first-order valence-electron chi connectivity index (χ1n) is 5.80. The zero-order valence-corrected chi connectivity index (χ0v) is 10.6. The number of nitrogens with zero attached hydrogens (tertiary/aromatic N) is 1. The standard InChI is InChI=1S/C11H23N3O2/c1-5-9(14(2)3)11(15)13-8-6-12-7-10(8)16-4/h8-10,12H,5-7H2,1-4H3,(H,13,15)/t8-,9+,10-/m0/s1. The molecule has 1 aliphatic rings.